The molecule has 2 atom stereocenters. The number of ether oxygens (including phenoxy) is 3. The maximum atomic E-state index is 12.2. The van der Waals surface area contributed by atoms with Gasteiger partial charge in [0.2, 0.25) is 0 Å². The van der Waals surface area contributed by atoms with Gasteiger partial charge in [0.25, 0.3) is 5.91 Å². The first-order valence-corrected chi connectivity index (χ1v) is 6.82. The van der Waals surface area contributed by atoms with Crippen LogP contribution in [0.4, 0.5) is 0 Å². The van der Waals surface area contributed by atoms with Gasteiger partial charge in [0.15, 0.2) is 6.10 Å². The second-order valence-corrected chi connectivity index (χ2v) is 5.24. The van der Waals surface area contributed by atoms with E-state index in [4.69, 9.17) is 14.2 Å². The van der Waals surface area contributed by atoms with Gasteiger partial charge in [-0.1, -0.05) is 0 Å². The summed E-state index contributed by atoms with van der Waals surface area (Å²) < 4.78 is 16.0. The summed E-state index contributed by atoms with van der Waals surface area (Å²) in [6.07, 6.45) is 0.614. The molecular formula is C15H19NO4. The van der Waals surface area contributed by atoms with Crippen molar-refractivity contribution in [2.24, 2.45) is 0 Å². The number of benzene rings is 1. The summed E-state index contributed by atoms with van der Waals surface area (Å²) in [6, 6.07) is 3.87. The van der Waals surface area contributed by atoms with E-state index in [1.807, 2.05) is 24.0 Å². The summed E-state index contributed by atoms with van der Waals surface area (Å²) in [7, 11) is 3.29. The predicted molar refractivity (Wildman–Crippen MR) is 73.0 cm³/mol. The van der Waals surface area contributed by atoms with Crippen LogP contribution in [0.5, 0.6) is 11.5 Å². The molecule has 108 valence electrons. The molecule has 3 rings (SSSR count). The normalized spacial score (nSPS) is 24.1. The van der Waals surface area contributed by atoms with Crippen LogP contribution in [0.3, 0.4) is 0 Å². The zero-order chi connectivity index (χ0) is 14.3. The monoisotopic (exact) mass is 277 g/mol. The fraction of sp³-hybridized carbons (Fsp3) is 0.533. The number of hydrogen-bond donors (Lipinski definition) is 0. The summed E-state index contributed by atoms with van der Waals surface area (Å²) in [5.41, 5.74) is 2.26. The highest BCUT2D eigenvalue weighted by Crippen LogP contribution is 2.34. The van der Waals surface area contributed by atoms with Crippen molar-refractivity contribution in [2.75, 3.05) is 20.8 Å². The molecule has 0 saturated carbocycles. The number of amides is 1. The maximum absolute atomic E-state index is 12.2. The molecule has 5 nitrogen and oxygen atoms in total. The first kappa shape index (κ1) is 13.2. The molecule has 2 aliphatic heterocycles. The van der Waals surface area contributed by atoms with E-state index < -0.39 is 0 Å². The van der Waals surface area contributed by atoms with Gasteiger partial charge in [0.1, 0.15) is 11.5 Å². The van der Waals surface area contributed by atoms with Gasteiger partial charge < -0.3 is 19.1 Å². The lowest BCUT2D eigenvalue weighted by atomic mass is 9.97. The Hall–Kier alpha value is -1.75. The number of fused-ring (bicyclic) bond motifs is 1. The number of carbonyl (C=O) groups excluding carboxylic acids is 1. The molecule has 20 heavy (non-hydrogen) atoms. The average Bonchev–Trinajstić information content (AvgIpc) is 3.21. The SMILES string of the molecule is COc1cc2c(c(OC)c1)CCN(C(=O)[C@@H]1O[C@H]1C)C2. The van der Waals surface area contributed by atoms with E-state index in [0.29, 0.717) is 13.1 Å². The second kappa shape index (κ2) is 4.98. The summed E-state index contributed by atoms with van der Waals surface area (Å²) in [5.74, 6) is 1.68. The van der Waals surface area contributed by atoms with Crippen molar-refractivity contribution >= 4 is 5.91 Å². The molecule has 0 N–H and O–H groups in total. The zero-order valence-corrected chi connectivity index (χ0v) is 12.0. The number of nitrogens with zero attached hydrogens (tertiary/aromatic N) is 1. The number of epoxide rings is 1. The molecule has 0 spiro atoms. The third-order valence-corrected chi connectivity index (χ3v) is 3.99. The van der Waals surface area contributed by atoms with Crippen molar-refractivity contribution in [3.05, 3.63) is 23.3 Å². The fourth-order valence-electron chi connectivity index (χ4n) is 2.74. The maximum Gasteiger partial charge on any atom is 0.254 e. The van der Waals surface area contributed by atoms with Crippen LogP contribution in [-0.4, -0.2) is 43.8 Å². The Labute approximate surface area is 118 Å². The van der Waals surface area contributed by atoms with Gasteiger partial charge in [-0.2, -0.15) is 0 Å². The quantitative estimate of drug-likeness (QED) is 0.783. The first-order chi connectivity index (χ1) is 9.63. The third-order valence-electron chi connectivity index (χ3n) is 3.99. The van der Waals surface area contributed by atoms with Crippen LogP contribution in [-0.2, 0) is 22.5 Å². The molecule has 0 radical (unpaired) electrons. The zero-order valence-electron chi connectivity index (χ0n) is 12.0. The first-order valence-electron chi connectivity index (χ1n) is 6.82. The highest BCUT2D eigenvalue weighted by atomic mass is 16.6. The van der Waals surface area contributed by atoms with E-state index in [-0.39, 0.29) is 18.1 Å². The Bertz CT molecular complexity index is 543. The van der Waals surface area contributed by atoms with Crippen molar-refractivity contribution in [1.82, 2.24) is 4.90 Å². The number of methoxy groups -OCH3 is 2. The van der Waals surface area contributed by atoms with Gasteiger partial charge in [-0.05, 0) is 25.0 Å². The molecule has 0 aromatic heterocycles. The minimum atomic E-state index is -0.246. The van der Waals surface area contributed by atoms with Crippen molar-refractivity contribution in [2.45, 2.75) is 32.1 Å². The van der Waals surface area contributed by atoms with Crippen LogP contribution in [0.1, 0.15) is 18.1 Å². The minimum absolute atomic E-state index is 0.0590. The largest absolute Gasteiger partial charge is 0.497 e. The van der Waals surface area contributed by atoms with Crippen LogP contribution in [0, 0.1) is 0 Å². The molecule has 1 amide bonds. The van der Waals surface area contributed by atoms with E-state index >= 15 is 0 Å². The molecule has 0 bridgehead atoms. The van der Waals surface area contributed by atoms with E-state index in [1.54, 1.807) is 14.2 Å². The lowest BCUT2D eigenvalue weighted by Gasteiger charge is -2.29. The Morgan fingerprint density at radius 2 is 2.10 bits per heavy atom. The van der Waals surface area contributed by atoms with Crippen LogP contribution in [0.25, 0.3) is 0 Å². The lowest BCUT2D eigenvalue weighted by Crippen LogP contribution is -2.39. The standard InChI is InChI=1S/C15H19NO4/c1-9-14(20-9)15(17)16-5-4-12-10(8-16)6-11(18-2)7-13(12)19-3/h6-7,9,14H,4-5,8H2,1-3H3/t9-,14+/m0/s1. The molecule has 1 saturated heterocycles. The van der Waals surface area contributed by atoms with Gasteiger partial charge >= 0.3 is 0 Å². The number of rotatable bonds is 3. The van der Waals surface area contributed by atoms with Gasteiger partial charge in [0, 0.05) is 24.7 Å². The Kier molecular flexibility index (Phi) is 3.30. The molecule has 2 aliphatic rings. The molecule has 0 unspecified atom stereocenters. The van der Waals surface area contributed by atoms with E-state index in [2.05, 4.69) is 0 Å². The van der Waals surface area contributed by atoms with Crippen LogP contribution in [0.15, 0.2) is 12.1 Å². The average molecular weight is 277 g/mol. The molecule has 0 aliphatic carbocycles. The Morgan fingerprint density at radius 1 is 1.35 bits per heavy atom. The van der Waals surface area contributed by atoms with Gasteiger partial charge in [-0.15, -0.1) is 0 Å². The molecule has 2 heterocycles. The highest BCUT2D eigenvalue weighted by molar-refractivity contribution is 5.84. The third kappa shape index (κ3) is 2.22. The van der Waals surface area contributed by atoms with Gasteiger partial charge in [0.05, 0.1) is 20.3 Å². The van der Waals surface area contributed by atoms with E-state index in [1.165, 1.54) is 5.56 Å². The van der Waals surface area contributed by atoms with Crippen LogP contribution < -0.4 is 9.47 Å². The Morgan fingerprint density at radius 3 is 2.70 bits per heavy atom. The molecule has 1 fully saturated rings. The molecular weight excluding hydrogens is 258 g/mol. The summed E-state index contributed by atoms with van der Waals surface area (Å²) in [4.78, 5) is 14.1. The Balaban J connectivity index is 1.84. The van der Waals surface area contributed by atoms with Crippen molar-refractivity contribution in [3.63, 3.8) is 0 Å². The number of carbonyl (C=O) groups is 1. The smallest absolute Gasteiger partial charge is 0.254 e. The highest BCUT2D eigenvalue weighted by Gasteiger charge is 2.44. The summed E-state index contributed by atoms with van der Waals surface area (Å²) in [5, 5.41) is 0. The van der Waals surface area contributed by atoms with Crippen LogP contribution in [0.2, 0.25) is 0 Å². The molecule has 1 aromatic rings. The predicted octanol–water partition coefficient (Wildman–Crippen LogP) is 1.38. The molecule has 5 heteroatoms. The topological polar surface area (TPSA) is 51.3 Å². The summed E-state index contributed by atoms with van der Waals surface area (Å²) >= 11 is 0. The van der Waals surface area contributed by atoms with Crippen molar-refractivity contribution in [1.29, 1.82) is 0 Å². The van der Waals surface area contributed by atoms with Gasteiger partial charge in [-0.3, -0.25) is 4.79 Å². The van der Waals surface area contributed by atoms with Crippen molar-refractivity contribution in [3.8, 4) is 11.5 Å². The summed E-state index contributed by atoms with van der Waals surface area (Å²) in [6.45, 7) is 3.22. The molecule has 1 aromatic carbocycles. The second-order valence-electron chi connectivity index (χ2n) is 5.24. The van der Waals surface area contributed by atoms with Crippen molar-refractivity contribution < 1.29 is 19.0 Å². The fourth-order valence-corrected chi connectivity index (χ4v) is 2.74. The minimum Gasteiger partial charge on any atom is -0.497 e. The lowest BCUT2D eigenvalue weighted by molar-refractivity contribution is -0.133. The van der Waals surface area contributed by atoms with Crippen LogP contribution >= 0.6 is 0 Å². The van der Waals surface area contributed by atoms with Gasteiger partial charge in [-0.25, -0.2) is 0 Å². The number of hydrogen-bond acceptors (Lipinski definition) is 4. The van der Waals surface area contributed by atoms with E-state index in [9.17, 15) is 4.79 Å². The van der Waals surface area contributed by atoms with E-state index in [0.717, 1.165) is 23.5 Å².